The minimum Gasteiger partial charge on any atom is -0.393 e. The summed E-state index contributed by atoms with van der Waals surface area (Å²) in [6, 6.07) is 9.34. The molecule has 0 radical (unpaired) electrons. The van der Waals surface area contributed by atoms with Crippen LogP contribution >= 0.6 is 0 Å². The fraction of sp³-hybridized carbons (Fsp3) is 0.500. The smallest absolute Gasteiger partial charge is 0.240 e. The molecule has 2 amide bonds. The molecule has 5 nitrogen and oxygen atoms in total. The Morgan fingerprint density at radius 1 is 1.33 bits per heavy atom. The Hall–Kier alpha value is -1.72. The minimum absolute atomic E-state index is 0.211. The standard InChI is InChI=1S/C16H22N2O3/c1-12(19)14-7-8-18(10-14)11-16(21)17-15(20)9-13-5-3-2-4-6-13/h2-6,12,14,19H,7-11H2,1H3,(H,17,20,21). The van der Waals surface area contributed by atoms with Crippen LogP contribution in [0.2, 0.25) is 0 Å². The molecule has 1 saturated heterocycles. The van der Waals surface area contributed by atoms with Crippen molar-refractivity contribution in [2.24, 2.45) is 5.92 Å². The summed E-state index contributed by atoms with van der Waals surface area (Å²) in [5.41, 5.74) is 0.887. The maximum Gasteiger partial charge on any atom is 0.240 e. The highest BCUT2D eigenvalue weighted by Gasteiger charge is 2.27. The summed E-state index contributed by atoms with van der Waals surface area (Å²) < 4.78 is 0. The summed E-state index contributed by atoms with van der Waals surface area (Å²) in [5, 5.41) is 11.9. The molecule has 1 aromatic carbocycles. The Kier molecular flexibility index (Phi) is 5.47. The molecule has 0 spiro atoms. The van der Waals surface area contributed by atoms with E-state index in [0.29, 0.717) is 6.54 Å². The van der Waals surface area contributed by atoms with Crippen molar-refractivity contribution in [3.63, 3.8) is 0 Å². The van der Waals surface area contributed by atoms with Crippen LogP contribution in [0, 0.1) is 5.92 Å². The highest BCUT2D eigenvalue weighted by atomic mass is 16.3. The number of rotatable bonds is 5. The molecule has 5 heteroatoms. The third-order valence-corrected chi connectivity index (χ3v) is 3.84. The quantitative estimate of drug-likeness (QED) is 0.832. The molecular weight excluding hydrogens is 268 g/mol. The summed E-state index contributed by atoms with van der Waals surface area (Å²) in [6.07, 6.45) is 0.754. The monoisotopic (exact) mass is 290 g/mol. The van der Waals surface area contributed by atoms with E-state index in [1.54, 1.807) is 6.92 Å². The van der Waals surface area contributed by atoms with Gasteiger partial charge in [-0.25, -0.2) is 0 Å². The molecule has 0 bridgehead atoms. The predicted octanol–water partition coefficient (Wildman–Crippen LogP) is 0.575. The summed E-state index contributed by atoms with van der Waals surface area (Å²) >= 11 is 0. The van der Waals surface area contributed by atoms with Crippen LogP contribution in [-0.2, 0) is 16.0 Å². The zero-order valence-corrected chi connectivity index (χ0v) is 12.3. The van der Waals surface area contributed by atoms with Gasteiger partial charge in [0.2, 0.25) is 11.8 Å². The van der Waals surface area contributed by atoms with Gasteiger partial charge in [0.15, 0.2) is 0 Å². The van der Waals surface area contributed by atoms with Gasteiger partial charge in [0, 0.05) is 6.54 Å². The fourth-order valence-electron chi connectivity index (χ4n) is 2.62. The van der Waals surface area contributed by atoms with Crippen molar-refractivity contribution in [3.8, 4) is 0 Å². The lowest BCUT2D eigenvalue weighted by atomic mass is 10.0. The predicted molar refractivity (Wildman–Crippen MR) is 79.5 cm³/mol. The third-order valence-electron chi connectivity index (χ3n) is 3.84. The van der Waals surface area contributed by atoms with Crippen LogP contribution in [0.1, 0.15) is 18.9 Å². The summed E-state index contributed by atoms with van der Waals surface area (Å²) in [4.78, 5) is 25.6. The molecule has 2 rings (SSSR count). The second kappa shape index (κ2) is 7.33. The number of carbonyl (C=O) groups is 2. The van der Waals surface area contributed by atoms with Crippen molar-refractivity contribution in [1.29, 1.82) is 0 Å². The lowest BCUT2D eigenvalue weighted by Crippen LogP contribution is -2.40. The van der Waals surface area contributed by atoms with Gasteiger partial charge in [0.25, 0.3) is 0 Å². The van der Waals surface area contributed by atoms with Crippen molar-refractivity contribution in [2.75, 3.05) is 19.6 Å². The number of likely N-dealkylation sites (tertiary alicyclic amines) is 1. The van der Waals surface area contributed by atoms with E-state index < -0.39 is 0 Å². The molecule has 1 aliphatic heterocycles. The van der Waals surface area contributed by atoms with Gasteiger partial charge in [0.1, 0.15) is 0 Å². The zero-order valence-electron chi connectivity index (χ0n) is 12.3. The Labute approximate surface area is 125 Å². The lowest BCUT2D eigenvalue weighted by Gasteiger charge is -2.16. The molecule has 114 valence electrons. The van der Waals surface area contributed by atoms with E-state index in [1.807, 2.05) is 35.2 Å². The van der Waals surface area contributed by atoms with Crippen molar-refractivity contribution in [1.82, 2.24) is 10.2 Å². The van der Waals surface area contributed by atoms with Gasteiger partial charge in [-0.3, -0.25) is 19.8 Å². The average molecular weight is 290 g/mol. The third kappa shape index (κ3) is 4.95. The van der Waals surface area contributed by atoms with E-state index in [0.717, 1.165) is 18.5 Å². The first-order valence-electron chi connectivity index (χ1n) is 7.31. The SMILES string of the molecule is CC(O)C1CCN(CC(=O)NC(=O)Cc2ccccc2)C1. The zero-order chi connectivity index (χ0) is 15.2. The largest absolute Gasteiger partial charge is 0.393 e. The number of hydrogen-bond acceptors (Lipinski definition) is 4. The fourth-order valence-corrected chi connectivity index (χ4v) is 2.62. The minimum atomic E-state index is -0.349. The first-order chi connectivity index (χ1) is 10.0. The van der Waals surface area contributed by atoms with Crippen LogP contribution in [0.4, 0.5) is 0 Å². The molecule has 0 saturated carbocycles. The molecule has 1 aliphatic rings. The normalized spacial score (nSPS) is 20.2. The van der Waals surface area contributed by atoms with Crippen molar-refractivity contribution in [2.45, 2.75) is 25.9 Å². The molecule has 21 heavy (non-hydrogen) atoms. The Morgan fingerprint density at radius 2 is 2.05 bits per heavy atom. The number of nitrogens with zero attached hydrogens (tertiary/aromatic N) is 1. The van der Waals surface area contributed by atoms with Crippen LogP contribution in [-0.4, -0.2) is 47.6 Å². The van der Waals surface area contributed by atoms with E-state index in [-0.39, 0.29) is 36.8 Å². The number of amides is 2. The Bertz CT molecular complexity index is 488. The second-order valence-corrected chi connectivity index (χ2v) is 5.66. The molecule has 1 fully saturated rings. The van der Waals surface area contributed by atoms with Crippen LogP contribution < -0.4 is 5.32 Å². The van der Waals surface area contributed by atoms with E-state index in [4.69, 9.17) is 0 Å². The van der Waals surface area contributed by atoms with Gasteiger partial charge in [-0.1, -0.05) is 30.3 Å². The van der Waals surface area contributed by atoms with Gasteiger partial charge in [-0.05, 0) is 31.4 Å². The van der Waals surface area contributed by atoms with Crippen LogP contribution in [0.15, 0.2) is 30.3 Å². The summed E-state index contributed by atoms with van der Waals surface area (Å²) in [6.45, 7) is 3.48. The van der Waals surface area contributed by atoms with Gasteiger partial charge in [0.05, 0.1) is 19.1 Å². The Morgan fingerprint density at radius 3 is 2.67 bits per heavy atom. The molecule has 2 unspecified atom stereocenters. The number of aliphatic hydroxyl groups is 1. The second-order valence-electron chi connectivity index (χ2n) is 5.66. The summed E-state index contributed by atoms with van der Waals surface area (Å²) in [7, 11) is 0. The number of nitrogens with one attached hydrogen (secondary N) is 1. The van der Waals surface area contributed by atoms with E-state index >= 15 is 0 Å². The maximum atomic E-state index is 11.8. The van der Waals surface area contributed by atoms with Gasteiger partial charge < -0.3 is 5.11 Å². The van der Waals surface area contributed by atoms with Crippen molar-refractivity contribution in [3.05, 3.63) is 35.9 Å². The van der Waals surface area contributed by atoms with Crippen molar-refractivity contribution < 1.29 is 14.7 Å². The highest BCUT2D eigenvalue weighted by Crippen LogP contribution is 2.18. The molecule has 1 aromatic rings. The van der Waals surface area contributed by atoms with E-state index in [2.05, 4.69) is 5.32 Å². The number of aliphatic hydroxyl groups excluding tert-OH is 1. The lowest BCUT2D eigenvalue weighted by molar-refractivity contribution is -0.130. The molecule has 0 aromatic heterocycles. The highest BCUT2D eigenvalue weighted by molar-refractivity contribution is 5.96. The number of benzene rings is 1. The molecule has 1 heterocycles. The maximum absolute atomic E-state index is 11.8. The topological polar surface area (TPSA) is 69.6 Å². The van der Waals surface area contributed by atoms with Gasteiger partial charge >= 0.3 is 0 Å². The van der Waals surface area contributed by atoms with Gasteiger partial charge in [-0.15, -0.1) is 0 Å². The number of imide groups is 1. The van der Waals surface area contributed by atoms with Crippen LogP contribution in [0.3, 0.4) is 0 Å². The molecular formula is C16H22N2O3. The average Bonchev–Trinajstić information content (AvgIpc) is 2.88. The van der Waals surface area contributed by atoms with E-state index in [1.165, 1.54) is 0 Å². The van der Waals surface area contributed by atoms with E-state index in [9.17, 15) is 14.7 Å². The first-order valence-corrected chi connectivity index (χ1v) is 7.31. The number of hydrogen-bond donors (Lipinski definition) is 2. The van der Waals surface area contributed by atoms with Crippen LogP contribution in [0.25, 0.3) is 0 Å². The van der Waals surface area contributed by atoms with Gasteiger partial charge in [-0.2, -0.15) is 0 Å². The molecule has 2 N–H and O–H groups in total. The van der Waals surface area contributed by atoms with Crippen LogP contribution in [0.5, 0.6) is 0 Å². The first kappa shape index (κ1) is 15.7. The van der Waals surface area contributed by atoms with Crippen molar-refractivity contribution >= 4 is 11.8 Å². The molecule has 2 atom stereocenters. The summed E-state index contributed by atoms with van der Waals surface area (Å²) in [5.74, 6) is -0.336. The Balaban J connectivity index is 1.73. The number of carbonyl (C=O) groups excluding carboxylic acids is 2. The molecule has 0 aliphatic carbocycles.